The van der Waals surface area contributed by atoms with E-state index in [1.807, 2.05) is 6.07 Å². The Morgan fingerprint density at radius 1 is 1.58 bits per heavy atom. The van der Waals surface area contributed by atoms with Crippen molar-refractivity contribution in [3.05, 3.63) is 27.9 Å². The van der Waals surface area contributed by atoms with Gasteiger partial charge in [-0.25, -0.2) is 4.98 Å². The van der Waals surface area contributed by atoms with Gasteiger partial charge in [0.1, 0.15) is 11.9 Å². The molecule has 0 amide bonds. The molecule has 0 N–H and O–H groups in total. The second kappa shape index (κ2) is 5.65. The fourth-order valence-corrected chi connectivity index (χ4v) is 2.56. The number of nitriles is 1. The average molecular weight is 260 g/mol. The smallest absolute Gasteiger partial charge is 0.305 e. The van der Waals surface area contributed by atoms with Crippen LogP contribution >= 0.6 is 0 Å². The molecule has 2 heterocycles. The van der Waals surface area contributed by atoms with E-state index in [1.165, 1.54) is 12.5 Å². The number of hydrogen-bond donors (Lipinski definition) is 0. The Kier molecular flexibility index (Phi) is 3.95. The molecule has 0 radical (unpaired) electrons. The van der Waals surface area contributed by atoms with Crippen molar-refractivity contribution >= 4 is 11.5 Å². The third-order valence-electron chi connectivity index (χ3n) is 3.55. The van der Waals surface area contributed by atoms with Gasteiger partial charge in [-0.2, -0.15) is 5.26 Å². The maximum Gasteiger partial charge on any atom is 0.305 e. The van der Waals surface area contributed by atoms with Crippen LogP contribution < -0.4 is 4.90 Å². The molecule has 1 aliphatic heterocycles. The highest BCUT2D eigenvalue weighted by molar-refractivity contribution is 5.52. The van der Waals surface area contributed by atoms with Crippen LogP contribution in [0.4, 0.5) is 11.5 Å². The topological polar surface area (TPSA) is 83.1 Å². The predicted octanol–water partition coefficient (Wildman–Crippen LogP) is 2.63. The summed E-state index contributed by atoms with van der Waals surface area (Å²) in [6, 6.07) is 5.24. The van der Waals surface area contributed by atoms with Gasteiger partial charge in [0.15, 0.2) is 0 Å². The van der Waals surface area contributed by atoms with Crippen LogP contribution in [0.3, 0.4) is 0 Å². The molecule has 6 heteroatoms. The Hall–Kier alpha value is -2.16. The van der Waals surface area contributed by atoms with E-state index < -0.39 is 4.92 Å². The molecule has 2 rings (SSSR count). The lowest BCUT2D eigenvalue weighted by molar-refractivity contribution is -0.385. The van der Waals surface area contributed by atoms with Crippen LogP contribution in [-0.2, 0) is 0 Å². The minimum atomic E-state index is -0.567. The molecule has 1 unspecified atom stereocenters. The Balaban J connectivity index is 2.35. The summed E-state index contributed by atoms with van der Waals surface area (Å²) in [5.74, 6) is 0.675. The normalized spacial score (nSPS) is 18.9. The van der Waals surface area contributed by atoms with E-state index >= 15 is 0 Å². The van der Waals surface area contributed by atoms with Crippen LogP contribution in [-0.4, -0.2) is 22.5 Å². The van der Waals surface area contributed by atoms with Crippen molar-refractivity contribution in [2.45, 2.75) is 38.6 Å². The SMILES string of the molecule is CCC1CCCCN1c1ccc([N+](=O)[O-])c(C#N)n1. The van der Waals surface area contributed by atoms with Crippen LogP contribution in [0.2, 0.25) is 0 Å². The Bertz CT molecular complexity index is 524. The summed E-state index contributed by atoms with van der Waals surface area (Å²) in [6.45, 7) is 3.02. The molecule has 0 spiro atoms. The number of nitrogens with zero attached hydrogens (tertiary/aromatic N) is 4. The first-order valence-electron chi connectivity index (χ1n) is 6.49. The Morgan fingerprint density at radius 3 is 3.00 bits per heavy atom. The standard InChI is InChI=1S/C13H16N4O2/c1-2-10-5-3-4-8-16(10)13-7-6-12(17(18)19)11(9-14)15-13/h6-7,10H,2-5,8H2,1H3. The molecule has 0 aliphatic carbocycles. The van der Waals surface area contributed by atoms with E-state index in [0.29, 0.717) is 11.9 Å². The zero-order valence-electron chi connectivity index (χ0n) is 10.9. The molecule has 0 bridgehead atoms. The zero-order valence-corrected chi connectivity index (χ0v) is 10.9. The lowest BCUT2D eigenvalue weighted by Crippen LogP contribution is -2.39. The number of rotatable bonds is 3. The quantitative estimate of drug-likeness (QED) is 0.616. The maximum absolute atomic E-state index is 10.8. The molecule has 1 aromatic heterocycles. The lowest BCUT2D eigenvalue weighted by atomic mass is 10.00. The van der Waals surface area contributed by atoms with E-state index in [4.69, 9.17) is 5.26 Å². The molecule has 0 saturated carbocycles. The highest BCUT2D eigenvalue weighted by Crippen LogP contribution is 2.27. The molecule has 1 atom stereocenters. The minimum Gasteiger partial charge on any atom is -0.354 e. The lowest BCUT2D eigenvalue weighted by Gasteiger charge is -2.36. The highest BCUT2D eigenvalue weighted by Gasteiger charge is 2.24. The molecule has 1 aromatic rings. The molecular weight excluding hydrogens is 244 g/mol. The van der Waals surface area contributed by atoms with Crippen molar-refractivity contribution in [3.8, 4) is 6.07 Å². The Morgan fingerprint density at radius 2 is 2.37 bits per heavy atom. The Labute approximate surface area is 111 Å². The van der Waals surface area contributed by atoms with E-state index in [1.54, 1.807) is 6.07 Å². The van der Waals surface area contributed by atoms with Crippen molar-refractivity contribution in [2.75, 3.05) is 11.4 Å². The van der Waals surface area contributed by atoms with Gasteiger partial charge in [0, 0.05) is 18.7 Å². The van der Waals surface area contributed by atoms with Crippen molar-refractivity contribution < 1.29 is 4.92 Å². The molecule has 1 saturated heterocycles. The first kappa shape index (κ1) is 13.3. The van der Waals surface area contributed by atoms with Gasteiger partial charge in [0.05, 0.1) is 4.92 Å². The van der Waals surface area contributed by atoms with Gasteiger partial charge in [-0.15, -0.1) is 0 Å². The highest BCUT2D eigenvalue weighted by atomic mass is 16.6. The van der Waals surface area contributed by atoms with Crippen LogP contribution in [0.25, 0.3) is 0 Å². The van der Waals surface area contributed by atoms with Gasteiger partial charge in [-0.3, -0.25) is 10.1 Å². The van der Waals surface area contributed by atoms with Gasteiger partial charge in [0.25, 0.3) is 0 Å². The first-order valence-corrected chi connectivity index (χ1v) is 6.49. The predicted molar refractivity (Wildman–Crippen MR) is 70.9 cm³/mol. The van der Waals surface area contributed by atoms with Crippen molar-refractivity contribution in [1.29, 1.82) is 5.26 Å². The second-order valence-electron chi connectivity index (χ2n) is 4.66. The number of piperidine rings is 1. The number of hydrogen-bond acceptors (Lipinski definition) is 5. The van der Waals surface area contributed by atoms with E-state index in [9.17, 15) is 10.1 Å². The van der Waals surface area contributed by atoms with Gasteiger partial charge in [0.2, 0.25) is 5.69 Å². The van der Waals surface area contributed by atoms with Gasteiger partial charge in [-0.1, -0.05) is 6.92 Å². The van der Waals surface area contributed by atoms with Crippen molar-refractivity contribution in [3.63, 3.8) is 0 Å². The summed E-state index contributed by atoms with van der Waals surface area (Å²) in [5.41, 5.74) is -0.334. The number of nitro groups is 1. The van der Waals surface area contributed by atoms with E-state index in [0.717, 1.165) is 25.8 Å². The minimum absolute atomic E-state index is 0.108. The molecule has 6 nitrogen and oxygen atoms in total. The van der Waals surface area contributed by atoms with Gasteiger partial charge in [-0.05, 0) is 31.7 Å². The molecule has 100 valence electrons. The second-order valence-corrected chi connectivity index (χ2v) is 4.66. The summed E-state index contributed by atoms with van der Waals surface area (Å²) in [7, 11) is 0. The summed E-state index contributed by atoms with van der Waals surface area (Å²) in [5, 5.41) is 19.8. The van der Waals surface area contributed by atoms with Crippen molar-refractivity contribution in [2.24, 2.45) is 0 Å². The van der Waals surface area contributed by atoms with E-state index in [-0.39, 0.29) is 11.4 Å². The number of pyridine rings is 1. The monoisotopic (exact) mass is 260 g/mol. The third kappa shape index (κ3) is 2.65. The summed E-state index contributed by atoms with van der Waals surface area (Å²) < 4.78 is 0. The van der Waals surface area contributed by atoms with Crippen LogP contribution in [0.15, 0.2) is 12.1 Å². The van der Waals surface area contributed by atoms with Crippen molar-refractivity contribution in [1.82, 2.24) is 4.98 Å². The first-order chi connectivity index (χ1) is 9.17. The third-order valence-corrected chi connectivity index (χ3v) is 3.55. The average Bonchev–Trinajstić information content (AvgIpc) is 2.46. The van der Waals surface area contributed by atoms with Crippen LogP contribution in [0.1, 0.15) is 38.3 Å². The molecule has 1 aliphatic rings. The fraction of sp³-hybridized carbons (Fsp3) is 0.538. The van der Waals surface area contributed by atoms with Gasteiger partial charge >= 0.3 is 5.69 Å². The zero-order chi connectivity index (χ0) is 13.8. The number of aromatic nitrogens is 1. The fourth-order valence-electron chi connectivity index (χ4n) is 2.56. The number of anilines is 1. The molecule has 0 aromatic carbocycles. The van der Waals surface area contributed by atoms with E-state index in [2.05, 4.69) is 16.8 Å². The summed E-state index contributed by atoms with van der Waals surface area (Å²) in [6.07, 6.45) is 4.42. The summed E-state index contributed by atoms with van der Waals surface area (Å²) in [4.78, 5) is 16.5. The molecule has 19 heavy (non-hydrogen) atoms. The van der Waals surface area contributed by atoms with Crippen LogP contribution in [0.5, 0.6) is 0 Å². The maximum atomic E-state index is 10.8. The largest absolute Gasteiger partial charge is 0.354 e. The van der Waals surface area contributed by atoms with Gasteiger partial charge < -0.3 is 4.90 Å². The molecular formula is C13H16N4O2. The van der Waals surface area contributed by atoms with Crippen LogP contribution in [0, 0.1) is 21.4 Å². The summed E-state index contributed by atoms with van der Waals surface area (Å²) >= 11 is 0. The molecule has 1 fully saturated rings.